The molecule has 0 N–H and O–H groups in total. The lowest BCUT2D eigenvalue weighted by atomic mass is 10.1. The van der Waals surface area contributed by atoms with Gasteiger partial charge in [0.2, 0.25) is 0 Å². The lowest BCUT2D eigenvalue weighted by Gasteiger charge is -2.14. The van der Waals surface area contributed by atoms with E-state index in [1.165, 1.54) is 5.56 Å². The number of unbranched alkanes of at least 4 members (excludes halogenated alkanes) is 1. The second-order valence-corrected chi connectivity index (χ2v) is 7.48. The Labute approximate surface area is 135 Å². The molecule has 0 aromatic heterocycles. The first-order chi connectivity index (χ1) is 10.7. The molecule has 1 heterocycles. The molecule has 2 nitrogen and oxygen atoms in total. The van der Waals surface area contributed by atoms with E-state index in [9.17, 15) is 4.21 Å². The predicted octanol–water partition coefficient (Wildman–Crippen LogP) is 4.54. The zero-order chi connectivity index (χ0) is 15.6. The van der Waals surface area contributed by atoms with Crippen LogP contribution >= 0.6 is 0 Å². The fourth-order valence-corrected chi connectivity index (χ4v) is 4.49. The van der Waals surface area contributed by atoms with Crippen LogP contribution in [0.5, 0.6) is 0 Å². The normalized spacial score (nSPS) is 24.9. The van der Waals surface area contributed by atoms with E-state index in [4.69, 9.17) is 4.74 Å². The van der Waals surface area contributed by atoms with Gasteiger partial charge < -0.3 is 4.74 Å². The first kappa shape index (κ1) is 15.4. The largest absolute Gasteiger partial charge is 0.347 e. The maximum absolute atomic E-state index is 13.2. The molecule has 3 atom stereocenters. The predicted molar refractivity (Wildman–Crippen MR) is 90.1 cm³/mol. The lowest BCUT2D eigenvalue weighted by Crippen LogP contribution is -2.20. The molecule has 0 unspecified atom stereocenters. The molecule has 0 bridgehead atoms. The van der Waals surface area contributed by atoms with E-state index in [0.29, 0.717) is 0 Å². The van der Waals surface area contributed by atoms with E-state index in [-0.39, 0.29) is 6.10 Å². The smallest absolute Gasteiger partial charge is 0.199 e. The van der Waals surface area contributed by atoms with Crippen LogP contribution < -0.4 is 0 Å². The van der Waals surface area contributed by atoms with Gasteiger partial charge in [0.05, 0.1) is 10.8 Å². The van der Waals surface area contributed by atoms with Crippen LogP contribution in [0.25, 0.3) is 0 Å². The molecule has 3 heteroatoms. The molecular formula is C19H22O2S. The van der Waals surface area contributed by atoms with E-state index in [1.807, 2.05) is 61.5 Å². The molecule has 1 aliphatic rings. The molecule has 0 radical (unpaired) electrons. The molecule has 0 spiro atoms. The quantitative estimate of drug-likeness (QED) is 0.732. The van der Waals surface area contributed by atoms with E-state index >= 15 is 0 Å². The van der Waals surface area contributed by atoms with Crippen molar-refractivity contribution in [2.45, 2.75) is 49.0 Å². The Balaban J connectivity index is 1.93. The van der Waals surface area contributed by atoms with Gasteiger partial charge >= 0.3 is 0 Å². The van der Waals surface area contributed by atoms with Gasteiger partial charge in [0.1, 0.15) is 6.10 Å². The molecule has 116 valence electrons. The highest BCUT2D eigenvalue weighted by atomic mass is 32.2. The number of rotatable bonds is 6. The van der Waals surface area contributed by atoms with Crippen molar-refractivity contribution in [2.24, 2.45) is 0 Å². The maximum Gasteiger partial charge on any atom is 0.199 e. The Kier molecular flexibility index (Phi) is 4.46. The third-order valence-electron chi connectivity index (χ3n) is 4.19. The highest BCUT2D eigenvalue weighted by Crippen LogP contribution is 2.53. The summed E-state index contributed by atoms with van der Waals surface area (Å²) in [5.41, 5.74) is 2.20. The molecule has 0 amide bonds. The van der Waals surface area contributed by atoms with E-state index in [2.05, 4.69) is 6.92 Å². The van der Waals surface area contributed by atoms with Crippen molar-refractivity contribution in [1.29, 1.82) is 0 Å². The minimum absolute atomic E-state index is 0.0528. The minimum atomic E-state index is -1.20. The van der Waals surface area contributed by atoms with E-state index < -0.39 is 15.7 Å². The number of ether oxygens (including phenoxy) is 1. The first-order valence-electron chi connectivity index (χ1n) is 7.90. The van der Waals surface area contributed by atoms with Gasteiger partial charge in [-0.25, -0.2) is 0 Å². The van der Waals surface area contributed by atoms with Crippen LogP contribution in [0.4, 0.5) is 0 Å². The van der Waals surface area contributed by atoms with Gasteiger partial charge in [-0.05, 0) is 31.0 Å². The van der Waals surface area contributed by atoms with Crippen LogP contribution in [0, 0.1) is 6.92 Å². The van der Waals surface area contributed by atoms with Gasteiger partial charge in [0, 0.05) is 4.90 Å². The summed E-state index contributed by atoms with van der Waals surface area (Å²) in [6.07, 6.45) is 3.24. The monoisotopic (exact) mass is 314 g/mol. The molecule has 2 aromatic carbocycles. The van der Waals surface area contributed by atoms with Gasteiger partial charge in [-0.3, -0.25) is 4.21 Å². The third kappa shape index (κ3) is 2.75. The topological polar surface area (TPSA) is 29.6 Å². The Hall–Kier alpha value is -1.45. The van der Waals surface area contributed by atoms with Crippen molar-refractivity contribution in [3.05, 3.63) is 65.7 Å². The standard InChI is InChI=1S/C19H22O2S/c1-3-4-10-18-19(21-18,16-8-6-5-7-9-16)22(20)17-13-11-15(2)12-14-17/h5-9,11-14,18H,3-4,10H2,1-2H3/t18-,19+,22+/m1/s1. The molecule has 22 heavy (non-hydrogen) atoms. The summed E-state index contributed by atoms with van der Waals surface area (Å²) in [4.78, 5) is 0.180. The van der Waals surface area contributed by atoms with Gasteiger partial charge in [0.15, 0.2) is 4.93 Å². The second kappa shape index (κ2) is 6.35. The molecule has 2 aromatic rings. The molecule has 0 saturated carbocycles. The van der Waals surface area contributed by atoms with Crippen LogP contribution in [0.2, 0.25) is 0 Å². The Morgan fingerprint density at radius 3 is 2.41 bits per heavy atom. The summed E-state index contributed by atoms with van der Waals surface area (Å²) in [5, 5.41) is 0. The fraction of sp³-hybridized carbons (Fsp3) is 0.368. The van der Waals surface area contributed by atoms with Gasteiger partial charge in [0.25, 0.3) is 0 Å². The molecule has 1 fully saturated rings. The lowest BCUT2D eigenvalue weighted by molar-refractivity contribution is 0.344. The molecular weight excluding hydrogens is 292 g/mol. The Bertz CT molecular complexity index is 651. The van der Waals surface area contributed by atoms with Gasteiger partial charge in [-0.15, -0.1) is 0 Å². The van der Waals surface area contributed by atoms with Crippen LogP contribution in [0.15, 0.2) is 59.5 Å². The molecule has 1 saturated heterocycles. The van der Waals surface area contributed by atoms with Crippen molar-refractivity contribution < 1.29 is 8.95 Å². The maximum atomic E-state index is 13.2. The molecule has 0 aliphatic carbocycles. The van der Waals surface area contributed by atoms with Crippen molar-refractivity contribution in [3.63, 3.8) is 0 Å². The third-order valence-corrected chi connectivity index (χ3v) is 6.04. The van der Waals surface area contributed by atoms with Crippen molar-refractivity contribution >= 4 is 10.8 Å². The Morgan fingerprint density at radius 2 is 1.77 bits per heavy atom. The summed E-state index contributed by atoms with van der Waals surface area (Å²) >= 11 is 0. The van der Waals surface area contributed by atoms with Crippen molar-refractivity contribution in [1.82, 2.24) is 0 Å². The Morgan fingerprint density at radius 1 is 1.09 bits per heavy atom. The highest BCUT2D eigenvalue weighted by Gasteiger charge is 2.62. The summed E-state index contributed by atoms with van der Waals surface area (Å²) < 4.78 is 19.2. The molecule has 1 aliphatic heterocycles. The zero-order valence-corrected chi connectivity index (χ0v) is 13.9. The van der Waals surface area contributed by atoms with Crippen LogP contribution in [-0.4, -0.2) is 10.3 Å². The highest BCUT2D eigenvalue weighted by molar-refractivity contribution is 7.86. The number of aryl methyl sites for hydroxylation is 1. The van der Waals surface area contributed by atoms with Crippen LogP contribution in [0.3, 0.4) is 0 Å². The number of epoxide rings is 1. The number of hydrogen-bond acceptors (Lipinski definition) is 2. The average molecular weight is 314 g/mol. The zero-order valence-electron chi connectivity index (χ0n) is 13.1. The van der Waals surface area contributed by atoms with Gasteiger partial charge in [-0.1, -0.05) is 67.8 Å². The van der Waals surface area contributed by atoms with Crippen molar-refractivity contribution in [3.8, 4) is 0 Å². The summed E-state index contributed by atoms with van der Waals surface area (Å²) in [7, 11) is -1.20. The summed E-state index contributed by atoms with van der Waals surface area (Å²) in [6, 6.07) is 17.9. The SMILES string of the molecule is CCCC[C@H]1O[C@@]1(c1ccccc1)[S@@](=O)c1ccc(C)cc1. The second-order valence-electron chi connectivity index (χ2n) is 5.86. The first-order valence-corrected chi connectivity index (χ1v) is 9.05. The van der Waals surface area contributed by atoms with Crippen LogP contribution in [0.1, 0.15) is 37.3 Å². The molecule has 3 rings (SSSR count). The minimum Gasteiger partial charge on any atom is -0.347 e. The van der Waals surface area contributed by atoms with Crippen molar-refractivity contribution in [2.75, 3.05) is 0 Å². The summed E-state index contributed by atoms with van der Waals surface area (Å²) in [6.45, 7) is 4.21. The van der Waals surface area contributed by atoms with E-state index in [1.54, 1.807) is 0 Å². The number of benzene rings is 2. The van der Waals surface area contributed by atoms with Crippen LogP contribution in [-0.2, 0) is 20.5 Å². The number of hydrogen-bond donors (Lipinski definition) is 0. The fourth-order valence-electron chi connectivity index (χ4n) is 2.85. The van der Waals surface area contributed by atoms with Gasteiger partial charge in [-0.2, -0.15) is 0 Å². The van der Waals surface area contributed by atoms with E-state index in [0.717, 1.165) is 29.7 Å². The average Bonchev–Trinajstić information content (AvgIpc) is 3.29. The summed E-state index contributed by atoms with van der Waals surface area (Å²) in [5.74, 6) is 0.